The van der Waals surface area contributed by atoms with Crippen LogP contribution in [0.15, 0.2) is 18.2 Å². The van der Waals surface area contributed by atoms with Gasteiger partial charge in [-0.1, -0.05) is 18.2 Å². The predicted molar refractivity (Wildman–Crippen MR) is 81.1 cm³/mol. The Kier molecular flexibility index (Phi) is 4.97. The van der Waals surface area contributed by atoms with E-state index in [2.05, 4.69) is 49.0 Å². The number of likely N-dealkylation sites (tertiary alicyclic amines) is 1. The molecule has 0 saturated carbocycles. The third-order valence-corrected chi connectivity index (χ3v) is 4.25. The summed E-state index contributed by atoms with van der Waals surface area (Å²) in [6.07, 6.45) is 2.64. The molecular formula is C16H27N3. The second kappa shape index (κ2) is 6.51. The Morgan fingerprint density at radius 1 is 1.37 bits per heavy atom. The van der Waals surface area contributed by atoms with Gasteiger partial charge in [0.1, 0.15) is 0 Å². The molecule has 2 N–H and O–H groups in total. The minimum atomic E-state index is 0.632. The van der Waals surface area contributed by atoms with E-state index in [-0.39, 0.29) is 0 Å². The molecule has 1 saturated heterocycles. The highest BCUT2D eigenvalue weighted by molar-refractivity contribution is 5.31. The number of hydrogen-bond donors (Lipinski definition) is 1. The molecule has 1 aromatic rings. The maximum Gasteiger partial charge on any atom is 0.0237 e. The lowest BCUT2D eigenvalue weighted by Crippen LogP contribution is -2.44. The summed E-state index contributed by atoms with van der Waals surface area (Å²) in [5.41, 5.74) is 9.73. The first-order valence-corrected chi connectivity index (χ1v) is 7.27. The third-order valence-electron chi connectivity index (χ3n) is 4.25. The van der Waals surface area contributed by atoms with Gasteiger partial charge in [0.05, 0.1) is 0 Å². The summed E-state index contributed by atoms with van der Waals surface area (Å²) >= 11 is 0. The van der Waals surface area contributed by atoms with Crippen LogP contribution >= 0.6 is 0 Å². The van der Waals surface area contributed by atoms with Gasteiger partial charge < -0.3 is 10.6 Å². The molecule has 1 fully saturated rings. The second-order valence-electron chi connectivity index (χ2n) is 5.96. The number of piperidine rings is 1. The number of benzene rings is 1. The molecule has 1 atom stereocenters. The van der Waals surface area contributed by atoms with Crippen LogP contribution in [0.2, 0.25) is 0 Å². The zero-order valence-electron chi connectivity index (χ0n) is 12.5. The van der Waals surface area contributed by atoms with Crippen molar-refractivity contribution in [3.8, 4) is 0 Å². The van der Waals surface area contributed by atoms with Crippen LogP contribution in [0.4, 0.5) is 0 Å². The fourth-order valence-corrected chi connectivity index (χ4v) is 2.90. The Hall–Kier alpha value is -0.900. The molecule has 1 unspecified atom stereocenters. The molecule has 3 nitrogen and oxygen atoms in total. The summed E-state index contributed by atoms with van der Waals surface area (Å²) in [6, 6.07) is 7.34. The molecule has 1 heterocycles. The van der Waals surface area contributed by atoms with Gasteiger partial charge in [0.15, 0.2) is 0 Å². The van der Waals surface area contributed by atoms with E-state index in [1.807, 2.05) is 0 Å². The molecule has 19 heavy (non-hydrogen) atoms. The van der Waals surface area contributed by atoms with Crippen LogP contribution in [0.25, 0.3) is 0 Å². The molecule has 0 aliphatic carbocycles. The average Bonchev–Trinajstić information content (AvgIpc) is 2.41. The summed E-state index contributed by atoms with van der Waals surface area (Å²) in [7, 11) is 4.38. The number of nitrogens with zero attached hydrogens (tertiary/aromatic N) is 2. The fraction of sp³-hybridized carbons (Fsp3) is 0.625. The summed E-state index contributed by atoms with van der Waals surface area (Å²) < 4.78 is 0. The average molecular weight is 261 g/mol. The summed E-state index contributed by atoms with van der Waals surface area (Å²) in [5.74, 6) is 0. The number of hydrogen-bond acceptors (Lipinski definition) is 3. The van der Waals surface area contributed by atoms with Crippen molar-refractivity contribution < 1.29 is 0 Å². The summed E-state index contributed by atoms with van der Waals surface area (Å²) in [6.45, 7) is 6.31. The topological polar surface area (TPSA) is 32.5 Å². The van der Waals surface area contributed by atoms with Crippen molar-refractivity contribution in [2.75, 3.05) is 27.2 Å². The van der Waals surface area contributed by atoms with Gasteiger partial charge in [-0.05, 0) is 57.1 Å². The molecule has 3 heteroatoms. The molecule has 2 rings (SSSR count). The zero-order valence-corrected chi connectivity index (χ0v) is 12.5. The Morgan fingerprint density at radius 3 is 2.79 bits per heavy atom. The van der Waals surface area contributed by atoms with Crippen molar-refractivity contribution in [2.45, 2.75) is 38.9 Å². The lowest BCUT2D eigenvalue weighted by atomic mass is 10.0. The Labute approximate surface area is 117 Å². The number of nitrogens with two attached hydrogens (primary N) is 1. The molecule has 0 amide bonds. The number of aryl methyl sites for hydroxylation is 1. The Balaban J connectivity index is 2.00. The van der Waals surface area contributed by atoms with Crippen LogP contribution in [0.3, 0.4) is 0 Å². The molecular weight excluding hydrogens is 234 g/mol. The van der Waals surface area contributed by atoms with E-state index in [9.17, 15) is 0 Å². The highest BCUT2D eigenvalue weighted by Crippen LogP contribution is 2.18. The van der Waals surface area contributed by atoms with Crippen LogP contribution in [-0.4, -0.2) is 43.0 Å². The van der Waals surface area contributed by atoms with Crippen LogP contribution in [0.5, 0.6) is 0 Å². The van der Waals surface area contributed by atoms with E-state index in [4.69, 9.17) is 5.73 Å². The van der Waals surface area contributed by atoms with E-state index < -0.39 is 0 Å². The minimum Gasteiger partial charge on any atom is -0.326 e. The maximum atomic E-state index is 5.69. The van der Waals surface area contributed by atoms with Gasteiger partial charge in [0.25, 0.3) is 0 Å². The van der Waals surface area contributed by atoms with Gasteiger partial charge in [-0.2, -0.15) is 0 Å². The van der Waals surface area contributed by atoms with Crippen molar-refractivity contribution in [1.82, 2.24) is 9.80 Å². The van der Waals surface area contributed by atoms with Crippen LogP contribution < -0.4 is 5.73 Å². The fourth-order valence-electron chi connectivity index (χ4n) is 2.90. The smallest absolute Gasteiger partial charge is 0.0237 e. The highest BCUT2D eigenvalue weighted by atomic mass is 15.2. The monoisotopic (exact) mass is 261 g/mol. The molecule has 0 aromatic heterocycles. The molecule has 1 aliphatic heterocycles. The van der Waals surface area contributed by atoms with Gasteiger partial charge in [-0.15, -0.1) is 0 Å². The Morgan fingerprint density at radius 2 is 2.16 bits per heavy atom. The first-order valence-electron chi connectivity index (χ1n) is 7.27. The molecule has 0 radical (unpaired) electrons. The zero-order chi connectivity index (χ0) is 13.8. The lowest BCUT2D eigenvalue weighted by molar-refractivity contribution is 0.128. The standard InChI is InChI=1S/C16H27N3/c1-13-9-14(10-17)6-7-15(13)11-19-8-4-5-16(12-19)18(2)3/h6-7,9,16H,4-5,8,10-12,17H2,1-3H3. The molecule has 106 valence electrons. The van der Waals surface area contributed by atoms with E-state index in [1.54, 1.807) is 0 Å². The van der Waals surface area contributed by atoms with Crippen LogP contribution in [-0.2, 0) is 13.1 Å². The number of likely N-dealkylation sites (N-methyl/N-ethyl adjacent to an activating group) is 1. The molecule has 1 aromatic carbocycles. The normalized spacial score (nSPS) is 21.0. The molecule has 0 bridgehead atoms. The summed E-state index contributed by atoms with van der Waals surface area (Å²) in [5, 5.41) is 0. The van der Waals surface area contributed by atoms with Gasteiger partial charge in [0.2, 0.25) is 0 Å². The Bertz CT molecular complexity index is 414. The van der Waals surface area contributed by atoms with Gasteiger partial charge in [-0.25, -0.2) is 0 Å². The first kappa shape index (κ1) is 14.5. The van der Waals surface area contributed by atoms with E-state index in [0.29, 0.717) is 12.6 Å². The molecule has 1 aliphatic rings. The van der Waals surface area contributed by atoms with Crippen LogP contribution in [0.1, 0.15) is 29.5 Å². The minimum absolute atomic E-state index is 0.632. The van der Waals surface area contributed by atoms with E-state index >= 15 is 0 Å². The van der Waals surface area contributed by atoms with Crippen molar-refractivity contribution >= 4 is 0 Å². The summed E-state index contributed by atoms with van der Waals surface area (Å²) in [4.78, 5) is 4.94. The largest absolute Gasteiger partial charge is 0.326 e. The second-order valence-corrected chi connectivity index (χ2v) is 5.96. The first-order chi connectivity index (χ1) is 9.10. The van der Waals surface area contributed by atoms with Gasteiger partial charge >= 0.3 is 0 Å². The highest BCUT2D eigenvalue weighted by Gasteiger charge is 2.21. The van der Waals surface area contributed by atoms with E-state index in [0.717, 1.165) is 6.54 Å². The van der Waals surface area contributed by atoms with Crippen LogP contribution in [0, 0.1) is 6.92 Å². The SMILES string of the molecule is Cc1cc(CN)ccc1CN1CCCC(N(C)C)C1. The van der Waals surface area contributed by atoms with E-state index in [1.165, 1.54) is 42.6 Å². The van der Waals surface area contributed by atoms with Gasteiger partial charge in [-0.3, -0.25) is 4.90 Å². The van der Waals surface area contributed by atoms with Crippen molar-refractivity contribution in [3.63, 3.8) is 0 Å². The van der Waals surface area contributed by atoms with Gasteiger partial charge in [0, 0.05) is 25.7 Å². The predicted octanol–water partition coefficient (Wildman–Crippen LogP) is 1.98. The molecule has 0 spiro atoms. The number of rotatable bonds is 4. The lowest BCUT2D eigenvalue weighted by Gasteiger charge is -2.36. The van der Waals surface area contributed by atoms with Crippen molar-refractivity contribution in [1.29, 1.82) is 0 Å². The third kappa shape index (κ3) is 3.78. The quantitative estimate of drug-likeness (QED) is 0.899. The maximum absolute atomic E-state index is 5.69. The van der Waals surface area contributed by atoms with Crippen molar-refractivity contribution in [3.05, 3.63) is 34.9 Å². The van der Waals surface area contributed by atoms with Crippen molar-refractivity contribution in [2.24, 2.45) is 5.73 Å².